The van der Waals surface area contributed by atoms with E-state index in [2.05, 4.69) is 54.4 Å². The Labute approximate surface area is 256 Å². The van der Waals surface area contributed by atoms with E-state index in [1.807, 2.05) is 0 Å². The summed E-state index contributed by atoms with van der Waals surface area (Å²) in [6, 6.07) is 0. The van der Waals surface area contributed by atoms with E-state index in [0.717, 1.165) is 0 Å². The number of fused-ring (bicyclic) bond motifs is 4. The smallest absolute Gasteiger partial charge is 0.386 e. The van der Waals surface area contributed by atoms with Crippen LogP contribution < -0.4 is 11.5 Å². The van der Waals surface area contributed by atoms with Gasteiger partial charge in [0.25, 0.3) is 0 Å². The van der Waals surface area contributed by atoms with Gasteiger partial charge in [-0.1, -0.05) is 24.5 Å². The number of aliphatic hydroxyl groups excluding tert-OH is 1. The first kappa shape index (κ1) is 30.2. The number of imidazole rings is 2. The number of aromatic nitrogens is 8. The maximum absolute atomic E-state index is 16.0. The summed E-state index contributed by atoms with van der Waals surface area (Å²) in [6.45, 7) is -9.83. The minimum atomic E-state index is -4.34. The number of rotatable bonds is 2. The number of ether oxygens (including phenoxy) is 2. The number of aliphatic hydroxyl groups is 1. The van der Waals surface area contributed by atoms with Crippen LogP contribution in [0.5, 0.6) is 0 Å². The normalized spacial score (nSPS) is 38.3. The van der Waals surface area contributed by atoms with Gasteiger partial charge in [-0.3, -0.25) is 27.2 Å². The van der Waals surface area contributed by atoms with Crippen LogP contribution in [-0.4, -0.2) is 94.0 Å². The van der Waals surface area contributed by atoms with Crippen LogP contribution in [0.2, 0.25) is 0 Å². The van der Waals surface area contributed by atoms with E-state index >= 15 is 4.39 Å². The van der Waals surface area contributed by atoms with Crippen molar-refractivity contribution < 1.29 is 46.2 Å². The molecule has 7 heterocycles. The summed E-state index contributed by atoms with van der Waals surface area (Å²) < 4.78 is 79.2. The minimum Gasteiger partial charge on any atom is -0.386 e. The van der Waals surface area contributed by atoms with Gasteiger partial charge in [-0.05, 0) is 0 Å². The highest BCUT2D eigenvalue weighted by Gasteiger charge is 2.54. The Bertz CT molecular complexity index is 1710. The highest BCUT2D eigenvalue weighted by molar-refractivity contribution is 8.44. The van der Waals surface area contributed by atoms with E-state index in [0.29, 0.717) is 0 Å². The van der Waals surface area contributed by atoms with Crippen molar-refractivity contribution in [2.75, 3.05) is 24.7 Å². The number of hydrogen-bond acceptors (Lipinski definition) is 17. The average molecular weight is 693 g/mol. The molecule has 4 aromatic heterocycles. The molecule has 3 aliphatic heterocycles. The molecule has 0 spiro atoms. The number of hydrogen-bond donors (Lipinski definition) is 5. The molecular weight excluding hydrogens is 669 g/mol. The summed E-state index contributed by atoms with van der Waals surface area (Å²) in [6.07, 6.45) is -6.81. The zero-order valence-corrected chi connectivity index (χ0v) is 25.5. The molecule has 44 heavy (non-hydrogen) atoms. The molecule has 24 heteroatoms. The van der Waals surface area contributed by atoms with E-state index in [4.69, 9.17) is 39.0 Å². The highest BCUT2D eigenvalue weighted by atomic mass is 32.7. The molecule has 0 saturated carbocycles. The Morgan fingerprint density at radius 1 is 0.795 bits per heavy atom. The first-order valence-corrected chi connectivity index (χ1v) is 18.1. The fourth-order valence-electron chi connectivity index (χ4n) is 5.21. The Kier molecular flexibility index (Phi) is 7.61. The van der Waals surface area contributed by atoms with Crippen molar-refractivity contribution in [3.8, 4) is 0 Å². The van der Waals surface area contributed by atoms with E-state index in [1.165, 1.54) is 34.4 Å². The predicted molar refractivity (Wildman–Crippen MR) is 153 cm³/mol. The molecule has 3 aliphatic rings. The molecule has 0 aromatic carbocycles. The maximum atomic E-state index is 16.0. The summed E-state index contributed by atoms with van der Waals surface area (Å²) in [5.74, 6) is 0.152. The Balaban J connectivity index is 1.17. The van der Waals surface area contributed by atoms with Crippen LogP contribution >= 0.6 is 38.1 Å². The van der Waals surface area contributed by atoms with Gasteiger partial charge >= 0.3 is 13.6 Å². The monoisotopic (exact) mass is 692 g/mol. The maximum Gasteiger partial charge on any atom is 0.386 e. The zero-order valence-electron chi connectivity index (χ0n) is 22.0. The summed E-state index contributed by atoms with van der Waals surface area (Å²) in [5, 5.41) is 11.2. The van der Waals surface area contributed by atoms with Gasteiger partial charge in [0.05, 0.1) is 25.9 Å². The molecule has 0 radical (unpaired) electrons. The van der Waals surface area contributed by atoms with Crippen LogP contribution in [0.3, 0.4) is 0 Å². The number of alkyl halides is 1. The summed E-state index contributed by atoms with van der Waals surface area (Å²) in [7, 11) is 0. The molecule has 0 bridgehead atoms. The highest BCUT2D eigenvalue weighted by Crippen LogP contribution is 2.60. The number of anilines is 2. The molecular formula is C20H23FN10O9P2S2. The second kappa shape index (κ2) is 11.1. The molecule has 4 aromatic rings. The van der Waals surface area contributed by atoms with E-state index < -0.39 is 76.0 Å². The van der Waals surface area contributed by atoms with Gasteiger partial charge < -0.3 is 26.0 Å². The van der Waals surface area contributed by atoms with Gasteiger partial charge in [0, 0.05) is 0 Å². The largest absolute Gasteiger partial charge is 0.386 e. The summed E-state index contributed by atoms with van der Waals surface area (Å²) in [5.41, 5.74) is 12.5. The van der Waals surface area contributed by atoms with Crippen LogP contribution in [0, 0.1) is 0 Å². The Morgan fingerprint density at radius 3 is 1.84 bits per heavy atom. The van der Waals surface area contributed by atoms with Crippen molar-refractivity contribution >= 4 is 72.1 Å². The predicted octanol–water partition coefficient (Wildman–Crippen LogP) is 1.22. The van der Waals surface area contributed by atoms with Crippen molar-refractivity contribution in [2.24, 2.45) is 0 Å². The minimum absolute atomic E-state index is 0.0606. The average Bonchev–Trinajstić information content (AvgIpc) is 3.73. The van der Waals surface area contributed by atoms with Crippen LogP contribution in [0.15, 0.2) is 25.3 Å². The number of nitrogens with two attached hydrogens (primary N) is 2. The van der Waals surface area contributed by atoms with Gasteiger partial charge in [0.2, 0.25) is 0 Å². The van der Waals surface area contributed by atoms with E-state index in [1.54, 1.807) is 0 Å². The third-order valence-electron chi connectivity index (χ3n) is 7.21. The fourth-order valence-corrected chi connectivity index (χ4v) is 8.18. The lowest BCUT2D eigenvalue weighted by molar-refractivity contribution is -0.0555. The molecule has 10 atom stereocenters. The second-order valence-corrected chi connectivity index (χ2v) is 15.7. The summed E-state index contributed by atoms with van der Waals surface area (Å²) in [4.78, 5) is 24.2. The van der Waals surface area contributed by atoms with Crippen LogP contribution in [0.4, 0.5) is 16.0 Å². The van der Waals surface area contributed by atoms with Gasteiger partial charge in [0.1, 0.15) is 54.2 Å². The lowest BCUT2D eigenvalue weighted by Gasteiger charge is -2.28. The molecule has 5 N–H and O–H groups in total. The van der Waals surface area contributed by atoms with Crippen LogP contribution in [0.25, 0.3) is 22.3 Å². The van der Waals surface area contributed by atoms with Gasteiger partial charge in [0.15, 0.2) is 41.6 Å². The Morgan fingerprint density at radius 2 is 1.27 bits per heavy atom. The molecule has 0 amide bonds. The number of nitrogen functional groups attached to an aromatic ring is 2. The molecule has 236 valence electrons. The van der Waals surface area contributed by atoms with Gasteiger partial charge in [-0.2, -0.15) is 0 Å². The number of halogens is 1. The number of thiol groups is 2. The van der Waals surface area contributed by atoms with Crippen LogP contribution in [0.1, 0.15) is 12.5 Å². The van der Waals surface area contributed by atoms with Crippen molar-refractivity contribution in [1.29, 1.82) is 0 Å². The second-order valence-electron chi connectivity index (χ2n) is 9.90. The quantitative estimate of drug-likeness (QED) is 0.146. The molecule has 1 unspecified atom stereocenters. The fraction of sp³-hybridized carbons (Fsp3) is 0.500. The lowest BCUT2D eigenvalue weighted by Crippen LogP contribution is -2.37. The lowest BCUT2D eigenvalue weighted by atomic mass is 10.1. The van der Waals surface area contributed by atoms with Crippen molar-refractivity contribution in [1.82, 2.24) is 39.0 Å². The summed E-state index contributed by atoms with van der Waals surface area (Å²) >= 11 is 8.07. The van der Waals surface area contributed by atoms with Crippen molar-refractivity contribution in [3.63, 3.8) is 0 Å². The molecule has 19 nitrogen and oxygen atoms in total. The molecule has 7 rings (SSSR count). The third kappa shape index (κ3) is 5.26. The Hall–Kier alpha value is -2.49. The standard InChI is InChI=1S/C20H23FN10O9P2S2/c21-9-13-7(37-19(9)30-5-28-10-15(22)24-3-26-17(10)30)1-35-42(34,44)40-14-8(2-36-41(33,43)39-13)38-20(12(14)32)31-6-29-11-16(23)25-4-27-18(11)31/h3-9,12-14,19-20,32H,1-2H2,(H,33,43)(H,34,44)(H2,22,24,26)(H2,23,25,27)/t7-,8-,9-,12-,13-,14-,19-,20-,41?,42-/m1/s1. The topological polar surface area (TPSA) is 249 Å². The SMILES string of the molecule is Nc1ncnc2c1ncn2[C@@H]1O[C@@H]2COP(=O)(S)O[C@H]3[C@@H](F)[C@H](n4cnc5c(N)ncnc54)O[C@@H]3CO[P@@](=O)(S)O[C@H]2[C@H]1O. The van der Waals surface area contributed by atoms with Crippen molar-refractivity contribution in [3.05, 3.63) is 25.3 Å². The zero-order chi connectivity index (χ0) is 31.0. The first-order valence-electron chi connectivity index (χ1n) is 12.7. The number of nitrogens with zero attached hydrogens (tertiary/aromatic N) is 8. The molecule has 3 saturated heterocycles. The first-order chi connectivity index (χ1) is 20.9. The van der Waals surface area contributed by atoms with Crippen LogP contribution in [-0.2, 0) is 36.7 Å². The molecule has 3 fully saturated rings. The third-order valence-corrected chi connectivity index (χ3v) is 10.4. The van der Waals surface area contributed by atoms with Gasteiger partial charge in [-0.15, -0.1) is 0 Å². The van der Waals surface area contributed by atoms with Gasteiger partial charge in [-0.25, -0.2) is 43.4 Å². The van der Waals surface area contributed by atoms with E-state index in [-0.39, 0.29) is 34.0 Å². The molecule has 0 aliphatic carbocycles. The van der Waals surface area contributed by atoms with E-state index in [9.17, 15) is 14.2 Å². The van der Waals surface area contributed by atoms with Crippen molar-refractivity contribution in [2.45, 2.75) is 49.1 Å².